The predicted molar refractivity (Wildman–Crippen MR) is 119 cm³/mol. The van der Waals surface area contributed by atoms with Crippen LogP contribution in [0.25, 0.3) is 0 Å². The van der Waals surface area contributed by atoms with Crippen LogP contribution in [-0.4, -0.2) is 23.9 Å². The van der Waals surface area contributed by atoms with Crippen molar-refractivity contribution in [3.63, 3.8) is 0 Å². The van der Waals surface area contributed by atoms with Gasteiger partial charge in [0.05, 0.1) is 18.7 Å². The summed E-state index contributed by atoms with van der Waals surface area (Å²) in [6.07, 6.45) is 2.48. The molecule has 154 valence electrons. The molecule has 0 spiro atoms. The van der Waals surface area contributed by atoms with E-state index in [1.54, 1.807) is 55.6 Å². The number of rotatable bonds is 5. The molecule has 1 unspecified atom stereocenters. The minimum absolute atomic E-state index is 0.100. The molecule has 0 saturated carbocycles. The molecule has 0 radical (unpaired) electrons. The van der Waals surface area contributed by atoms with Gasteiger partial charge in [-0.1, -0.05) is 11.6 Å². The Hall–Kier alpha value is -2.90. The van der Waals surface area contributed by atoms with E-state index >= 15 is 0 Å². The van der Waals surface area contributed by atoms with Crippen molar-refractivity contribution in [2.45, 2.75) is 25.2 Å². The van der Waals surface area contributed by atoms with Crippen LogP contribution in [0.1, 0.15) is 39.7 Å². The van der Waals surface area contributed by atoms with Gasteiger partial charge in [0.1, 0.15) is 5.75 Å². The van der Waals surface area contributed by atoms with E-state index in [-0.39, 0.29) is 17.7 Å². The fourth-order valence-electron chi connectivity index (χ4n) is 3.40. The number of hydrogen-bond donors (Lipinski definition) is 2. The normalized spacial score (nSPS) is 15.2. The van der Waals surface area contributed by atoms with Crippen molar-refractivity contribution in [2.24, 2.45) is 0 Å². The van der Waals surface area contributed by atoms with Crippen molar-refractivity contribution in [2.75, 3.05) is 17.7 Å². The zero-order chi connectivity index (χ0) is 21.1. The Balaban J connectivity index is 1.48. The Morgan fingerprint density at radius 2 is 1.83 bits per heavy atom. The molecule has 1 aliphatic carbocycles. The monoisotopic (exact) mass is 441 g/mol. The van der Waals surface area contributed by atoms with Gasteiger partial charge in [0.2, 0.25) is 5.91 Å². The number of hydrogen-bond acceptors (Lipinski definition) is 5. The third kappa shape index (κ3) is 4.47. The lowest BCUT2D eigenvalue weighted by atomic mass is 9.90. The van der Waals surface area contributed by atoms with Gasteiger partial charge in [-0.15, -0.1) is 11.3 Å². The largest absolute Gasteiger partial charge is 0.497 e. The molecule has 1 heterocycles. The summed E-state index contributed by atoms with van der Waals surface area (Å²) in [5, 5.41) is 6.91. The van der Waals surface area contributed by atoms with Crippen LogP contribution in [0.5, 0.6) is 5.75 Å². The first-order chi connectivity index (χ1) is 14.5. The maximum Gasteiger partial charge on any atom is 0.257 e. The second-order valence-electron chi connectivity index (χ2n) is 6.95. The first-order valence-corrected chi connectivity index (χ1v) is 10.7. The quantitative estimate of drug-likeness (QED) is 0.576. The number of anilines is 2. The Bertz CT molecular complexity index is 1060. The zero-order valence-electron chi connectivity index (χ0n) is 16.3. The zero-order valence-corrected chi connectivity index (χ0v) is 17.8. The molecule has 30 heavy (non-hydrogen) atoms. The summed E-state index contributed by atoms with van der Waals surface area (Å²) in [7, 11) is 1.58. The number of aryl methyl sites for hydroxylation is 1. The number of carbonyl (C=O) groups excluding carboxylic acids is 2. The fraction of sp³-hybridized carbons (Fsp3) is 0.227. The maximum absolute atomic E-state index is 12.8. The lowest BCUT2D eigenvalue weighted by molar-refractivity contribution is -0.117. The van der Waals surface area contributed by atoms with Crippen molar-refractivity contribution < 1.29 is 14.3 Å². The van der Waals surface area contributed by atoms with E-state index < -0.39 is 0 Å². The smallest absolute Gasteiger partial charge is 0.257 e. The van der Waals surface area contributed by atoms with Crippen LogP contribution < -0.4 is 15.4 Å². The van der Waals surface area contributed by atoms with E-state index in [0.717, 1.165) is 29.8 Å². The van der Waals surface area contributed by atoms with Crippen molar-refractivity contribution >= 4 is 45.6 Å². The number of nitrogens with one attached hydrogen (secondary N) is 2. The molecular weight excluding hydrogens is 422 g/mol. The molecule has 0 bridgehead atoms. The highest BCUT2D eigenvalue weighted by Gasteiger charge is 2.30. The van der Waals surface area contributed by atoms with Crippen LogP contribution in [0.4, 0.5) is 10.8 Å². The van der Waals surface area contributed by atoms with Gasteiger partial charge < -0.3 is 10.1 Å². The number of benzene rings is 2. The molecular formula is C22H20ClN3O3S. The van der Waals surface area contributed by atoms with Gasteiger partial charge >= 0.3 is 0 Å². The molecule has 6 nitrogen and oxygen atoms in total. The van der Waals surface area contributed by atoms with Crippen molar-refractivity contribution in [1.82, 2.24) is 4.98 Å². The van der Waals surface area contributed by atoms with Crippen molar-refractivity contribution in [3.05, 3.63) is 69.7 Å². The molecule has 0 aliphatic heterocycles. The summed E-state index contributed by atoms with van der Waals surface area (Å²) >= 11 is 7.34. The second kappa shape index (κ2) is 8.85. The number of carbonyl (C=O) groups is 2. The third-order valence-corrected chi connectivity index (χ3v) is 6.25. The number of methoxy groups -OCH3 is 1. The van der Waals surface area contributed by atoms with Gasteiger partial charge in [-0.3, -0.25) is 14.9 Å². The molecule has 3 aromatic rings. The topological polar surface area (TPSA) is 80.3 Å². The van der Waals surface area contributed by atoms with Gasteiger partial charge in [0, 0.05) is 21.2 Å². The van der Waals surface area contributed by atoms with E-state index in [4.69, 9.17) is 16.3 Å². The number of ether oxygens (including phenoxy) is 1. The molecule has 2 aromatic carbocycles. The molecule has 1 atom stereocenters. The first-order valence-electron chi connectivity index (χ1n) is 9.55. The Morgan fingerprint density at radius 1 is 1.10 bits per heavy atom. The highest BCUT2D eigenvalue weighted by molar-refractivity contribution is 7.16. The standard InChI is InChI=1S/C22H20ClN3O3S/c1-29-16-11-5-13(6-12-16)20(27)26-22-25-19-17(3-2-4-18(19)30-22)21(28)24-15-9-7-14(23)8-10-15/h5-12,17H,2-4H2,1H3,(H,24,28)(H,25,26,27). The lowest BCUT2D eigenvalue weighted by Crippen LogP contribution is -2.24. The summed E-state index contributed by atoms with van der Waals surface area (Å²) in [5.41, 5.74) is 1.96. The third-order valence-electron chi connectivity index (χ3n) is 4.96. The average molecular weight is 442 g/mol. The molecule has 4 rings (SSSR count). The van der Waals surface area contributed by atoms with Crippen molar-refractivity contribution in [1.29, 1.82) is 0 Å². The highest BCUT2D eigenvalue weighted by atomic mass is 35.5. The van der Waals surface area contributed by atoms with Crippen molar-refractivity contribution in [3.8, 4) is 5.75 Å². The highest BCUT2D eigenvalue weighted by Crippen LogP contribution is 2.37. The molecule has 1 aromatic heterocycles. The van der Waals surface area contributed by atoms with Gasteiger partial charge in [0.15, 0.2) is 5.13 Å². The van der Waals surface area contributed by atoms with Gasteiger partial charge in [0.25, 0.3) is 5.91 Å². The first kappa shape index (κ1) is 20.4. The van der Waals surface area contributed by atoms with Crippen LogP contribution in [0, 0.1) is 0 Å². The fourth-order valence-corrected chi connectivity index (χ4v) is 4.59. The second-order valence-corrected chi connectivity index (χ2v) is 8.47. The molecule has 1 aliphatic rings. The number of fused-ring (bicyclic) bond motifs is 1. The molecule has 8 heteroatoms. The van der Waals surface area contributed by atoms with Crippen LogP contribution in [0.3, 0.4) is 0 Å². The van der Waals surface area contributed by atoms with Gasteiger partial charge in [-0.05, 0) is 67.8 Å². The summed E-state index contributed by atoms with van der Waals surface area (Å²) in [4.78, 5) is 31.0. The number of amides is 2. The predicted octanol–water partition coefficient (Wildman–Crippen LogP) is 5.12. The van der Waals surface area contributed by atoms with Crippen LogP contribution in [0.15, 0.2) is 48.5 Å². The number of thiazole rings is 1. The Labute approximate surface area is 183 Å². The number of nitrogens with zero attached hydrogens (tertiary/aromatic N) is 1. The maximum atomic E-state index is 12.8. The minimum Gasteiger partial charge on any atom is -0.497 e. The van der Waals surface area contributed by atoms with E-state index in [2.05, 4.69) is 15.6 Å². The Kier molecular flexibility index (Phi) is 6.01. The van der Waals surface area contributed by atoms with Gasteiger partial charge in [-0.25, -0.2) is 4.98 Å². The summed E-state index contributed by atoms with van der Waals surface area (Å²) in [6.45, 7) is 0. The molecule has 0 fully saturated rings. The molecule has 2 amide bonds. The van der Waals surface area contributed by atoms with E-state index in [9.17, 15) is 9.59 Å². The van der Waals surface area contributed by atoms with E-state index in [0.29, 0.717) is 27.2 Å². The summed E-state index contributed by atoms with van der Waals surface area (Å²) in [5.74, 6) is 0.000593. The van der Waals surface area contributed by atoms with Crippen LogP contribution >= 0.6 is 22.9 Å². The minimum atomic E-state index is -0.340. The molecule has 0 saturated heterocycles. The number of halogens is 1. The van der Waals surface area contributed by atoms with E-state index in [1.807, 2.05) is 0 Å². The molecule has 2 N–H and O–H groups in total. The van der Waals surface area contributed by atoms with Crippen LogP contribution in [-0.2, 0) is 11.2 Å². The number of aromatic nitrogens is 1. The average Bonchev–Trinajstić information content (AvgIpc) is 3.17. The summed E-state index contributed by atoms with van der Waals surface area (Å²) < 4.78 is 5.12. The van der Waals surface area contributed by atoms with E-state index in [1.165, 1.54) is 11.3 Å². The summed E-state index contributed by atoms with van der Waals surface area (Å²) in [6, 6.07) is 13.9. The van der Waals surface area contributed by atoms with Gasteiger partial charge in [-0.2, -0.15) is 0 Å². The SMILES string of the molecule is COc1ccc(C(=O)Nc2nc3c(s2)CCCC3C(=O)Nc2ccc(Cl)cc2)cc1. The lowest BCUT2D eigenvalue weighted by Gasteiger charge is -2.20. The van der Waals surface area contributed by atoms with Crippen LogP contribution in [0.2, 0.25) is 5.02 Å². The Morgan fingerprint density at radius 3 is 2.53 bits per heavy atom.